The molecule has 0 saturated heterocycles. The summed E-state index contributed by atoms with van der Waals surface area (Å²) in [7, 11) is 1.67. The van der Waals surface area contributed by atoms with Crippen LogP contribution in [-0.2, 0) is 16.0 Å². The van der Waals surface area contributed by atoms with Crippen LogP contribution in [0.2, 0.25) is 0 Å². The Labute approximate surface area is 120 Å². The Hall–Kier alpha value is -1.18. The van der Waals surface area contributed by atoms with Crippen molar-refractivity contribution in [3.05, 3.63) is 5.89 Å². The van der Waals surface area contributed by atoms with Crippen molar-refractivity contribution in [3.63, 3.8) is 0 Å². The van der Waals surface area contributed by atoms with E-state index in [9.17, 15) is 0 Å². The molecule has 0 amide bonds. The quantitative estimate of drug-likeness (QED) is 0.531. The lowest BCUT2D eigenvalue weighted by molar-refractivity contribution is 0.131. The highest BCUT2D eigenvalue weighted by Gasteiger charge is 2.04. The van der Waals surface area contributed by atoms with E-state index in [2.05, 4.69) is 27.8 Å². The topological polar surface area (TPSA) is 81.4 Å². The van der Waals surface area contributed by atoms with E-state index < -0.39 is 0 Å². The molecular formula is C13H26N4O3. The average molecular weight is 286 g/mol. The van der Waals surface area contributed by atoms with E-state index >= 15 is 0 Å². The van der Waals surface area contributed by atoms with Gasteiger partial charge in [0.2, 0.25) is 5.89 Å². The Morgan fingerprint density at radius 2 is 1.95 bits per heavy atom. The van der Waals surface area contributed by atoms with Gasteiger partial charge in [0.1, 0.15) is 0 Å². The number of rotatable bonds is 13. The van der Waals surface area contributed by atoms with E-state index in [1.807, 2.05) is 0 Å². The lowest BCUT2D eigenvalue weighted by Gasteiger charge is -2.03. The monoisotopic (exact) mass is 286 g/mol. The first-order valence-corrected chi connectivity index (χ1v) is 7.20. The van der Waals surface area contributed by atoms with Crippen LogP contribution in [0, 0.1) is 0 Å². The van der Waals surface area contributed by atoms with Crippen LogP contribution in [0.3, 0.4) is 0 Å². The van der Waals surface area contributed by atoms with Crippen LogP contribution in [0.4, 0.5) is 6.01 Å². The second kappa shape index (κ2) is 11.6. The molecule has 0 saturated carbocycles. The summed E-state index contributed by atoms with van der Waals surface area (Å²) in [5, 5.41) is 14.1. The van der Waals surface area contributed by atoms with Crippen molar-refractivity contribution in [2.24, 2.45) is 0 Å². The highest BCUT2D eigenvalue weighted by molar-refractivity contribution is 5.16. The van der Waals surface area contributed by atoms with Crippen molar-refractivity contribution in [2.45, 2.75) is 32.7 Å². The van der Waals surface area contributed by atoms with E-state index in [0.29, 0.717) is 25.1 Å². The third-order valence-electron chi connectivity index (χ3n) is 2.61. The van der Waals surface area contributed by atoms with Crippen LogP contribution in [0.25, 0.3) is 0 Å². The van der Waals surface area contributed by atoms with Gasteiger partial charge in [-0.25, -0.2) is 0 Å². The molecule has 7 heteroatoms. The third-order valence-corrected chi connectivity index (χ3v) is 2.61. The van der Waals surface area contributed by atoms with Crippen LogP contribution in [0.1, 0.15) is 32.1 Å². The summed E-state index contributed by atoms with van der Waals surface area (Å²) < 4.78 is 15.8. The Morgan fingerprint density at radius 3 is 2.75 bits per heavy atom. The Bertz CT molecular complexity index is 333. The molecule has 1 aromatic heterocycles. The smallest absolute Gasteiger partial charge is 0.315 e. The molecule has 1 heterocycles. The highest BCUT2D eigenvalue weighted by atomic mass is 16.5. The zero-order valence-corrected chi connectivity index (χ0v) is 12.5. The molecule has 0 fully saturated rings. The maximum Gasteiger partial charge on any atom is 0.315 e. The van der Waals surface area contributed by atoms with E-state index in [1.54, 1.807) is 7.11 Å². The van der Waals surface area contributed by atoms with Gasteiger partial charge in [-0.1, -0.05) is 18.4 Å². The van der Waals surface area contributed by atoms with Gasteiger partial charge in [0.05, 0.1) is 13.2 Å². The van der Waals surface area contributed by atoms with Crippen LogP contribution in [0.5, 0.6) is 0 Å². The van der Waals surface area contributed by atoms with E-state index in [1.165, 1.54) is 6.42 Å². The maximum atomic E-state index is 5.46. The van der Waals surface area contributed by atoms with Gasteiger partial charge in [0.25, 0.3) is 0 Å². The number of ether oxygens (including phenoxy) is 2. The fourth-order valence-corrected chi connectivity index (χ4v) is 1.48. The fourth-order valence-electron chi connectivity index (χ4n) is 1.48. The second-order valence-electron chi connectivity index (χ2n) is 4.42. The second-order valence-corrected chi connectivity index (χ2v) is 4.42. The average Bonchev–Trinajstić information content (AvgIpc) is 2.90. The van der Waals surface area contributed by atoms with Crippen molar-refractivity contribution < 1.29 is 13.9 Å². The van der Waals surface area contributed by atoms with E-state index in [4.69, 9.17) is 13.9 Å². The number of aromatic nitrogens is 2. The fraction of sp³-hybridized carbons (Fsp3) is 0.846. The molecule has 0 aliphatic heterocycles. The zero-order chi connectivity index (χ0) is 14.5. The molecule has 0 spiro atoms. The standard InChI is InChI=1S/C13H26N4O3/c1-3-4-8-19-9-5-6-15-13-17-16-12(20-13)11-14-7-10-18-2/h14H,3-11H2,1-2H3,(H,15,17). The molecule has 0 unspecified atom stereocenters. The lowest BCUT2D eigenvalue weighted by Crippen LogP contribution is -2.18. The largest absolute Gasteiger partial charge is 0.407 e. The van der Waals surface area contributed by atoms with E-state index in [-0.39, 0.29) is 0 Å². The van der Waals surface area contributed by atoms with Gasteiger partial charge in [0.15, 0.2) is 0 Å². The molecule has 1 rings (SSSR count). The van der Waals surface area contributed by atoms with E-state index in [0.717, 1.165) is 39.1 Å². The van der Waals surface area contributed by atoms with Crippen LogP contribution in [-0.4, -0.2) is 50.2 Å². The summed E-state index contributed by atoms with van der Waals surface area (Å²) in [6.07, 6.45) is 3.21. The summed E-state index contributed by atoms with van der Waals surface area (Å²) >= 11 is 0. The summed E-state index contributed by atoms with van der Waals surface area (Å²) in [5.74, 6) is 0.572. The summed E-state index contributed by atoms with van der Waals surface area (Å²) in [5.41, 5.74) is 0. The van der Waals surface area contributed by atoms with Gasteiger partial charge in [-0.2, -0.15) is 0 Å². The van der Waals surface area contributed by atoms with Crippen LogP contribution in [0.15, 0.2) is 4.42 Å². The van der Waals surface area contributed by atoms with Crippen LogP contribution >= 0.6 is 0 Å². The first-order valence-electron chi connectivity index (χ1n) is 7.20. The Morgan fingerprint density at radius 1 is 1.10 bits per heavy atom. The molecule has 0 atom stereocenters. The molecule has 1 aromatic rings. The molecule has 20 heavy (non-hydrogen) atoms. The summed E-state index contributed by atoms with van der Waals surface area (Å²) in [6, 6.07) is 0.460. The third kappa shape index (κ3) is 8.08. The lowest BCUT2D eigenvalue weighted by atomic mass is 10.4. The molecule has 0 aliphatic rings. The number of methoxy groups -OCH3 is 1. The van der Waals surface area contributed by atoms with Crippen molar-refractivity contribution in [1.82, 2.24) is 15.5 Å². The van der Waals surface area contributed by atoms with Crippen molar-refractivity contribution in [1.29, 1.82) is 0 Å². The Balaban J connectivity index is 2.02. The minimum Gasteiger partial charge on any atom is -0.407 e. The molecule has 0 bridgehead atoms. The molecule has 0 radical (unpaired) electrons. The SMILES string of the molecule is CCCCOCCCNc1nnc(CNCCOC)o1. The highest BCUT2D eigenvalue weighted by Crippen LogP contribution is 2.04. The van der Waals surface area contributed by atoms with Crippen molar-refractivity contribution in [3.8, 4) is 0 Å². The van der Waals surface area contributed by atoms with Crippen LogP contribution < -0.4 is 10.6 Å². The number of nitrogens with one attached hydrogen (secondary N) is 2. The number of hydrogen-bond donors (Lipinski definition) is 2. The number of anilines is 1. The minimum atomic E-state index is 0.460. The molecule has 2 N–H and O–H groups in total. The Kier molecular flexibility index (Phi) is 9.81. The maximum absolute atomic E-state index is 5.46. The van der Waals surface area contributed by atoms with Gasteiger partial charge < -0.3 is 24.5 Å². The van der Waals surface area contributed by atoms with Gasteiger partial charge in [0, 0.05) is 33.4 Å². The van der Waals surface area contributed by atoms with Crippen molar-refractivity contribution >= 4 is 6.01 Å². The molecule has 0 aliphatic carbocycles. The number of nitrogens with zero attached hydrogens (tertiary/aromatic N) is 2. The minimum absolute atomic E-state index is 0.460. The van der Waals surface area contributed by atoms with Crippen molar-refractivity contribution in [2.75, 3.05) is 45.3 Å². The molecular weight excluding hydrogens is 260 g/mol. The van der Waals surface area contributed by atoms with Gasteiger partial charge in [-0.15, -0.1) is 5.10 Å². The number of unbranched alkanes of at least 4 members (excludes halogenated alkanes) is 1. The normalized spacial score (nSPS) is 10.9. The van der Waals surface area contributed by atoms with Gasteiger partial charge in [-0.3, -0.25) is 0 Å². The summed E-state index contributed by atoms with van der Waals surface area (Å²) in [4.78, 5) is 0. The number of hydrogen-bond acceptors (Lipinski definition) is 7. The predicted octanol–water partition coefficient (Wildman–Crippen LogP) is 1.42. The predicted molar refractivity (Wildman–Crippen MR) is 76.7 cm³/mol. The molecule has 116 valence electrons. The molecule has 7 nitrogen and oxygen atoms in total. The summed E-state index contributed by atoms with van der Waals surface area (Å²) in [6.45, 7) is 6.50. The van der Waals surface area contributed by atoms with Gasteiger partial charge >= 0.3 is 6.01 Å². The molecule has 0 aromatic carbocycles. The first-order chi connectivity index (χ1) is 9.86. The zero-order valence-electron chi connectivity index (χ0n) is 12.5. The van der Waals surface area contributed by atoms with Gasteiger partial charge in [-0.05, 0) is 12.8 Å². The first kappa shape index (κ1) is 16.9.